The Morgan fingerprint density at radius 1 is 1.03 bits per heavy atom. The van der Waals surface area contributed by atoms with E-state index in [1.165, 1.54) is 0 Å². The van der Waals surface area contributed by atoms with Gasteiger partial charge in [-0.1, -0.05) is 0 Å². The third-order valence-corrected chi connectivity index (χ3v) is 1.30. The molecule has 23 heteroatoms. The van der Waals surface area contributed by atoms with Gasteiger partial charge in [0.15, 0.2) is 0 Å². The summed E-state index contributed by atoms with van der Waals surface area (Å²) < 4.78 is 0. The summed E-state index contributed by atoms with van der Waals surface area (Å²) in [5.74, 6) is -5.67. The molecule has 0 aromatic heterocycles. The van der Waals surface area contributed by atoms with E-state index in [1.54, 1.807) is 0 Å². The Balaban J connectivity index is -0.0000000145. The van der Waals surface area contributed by atoms with E-state index >= 15 is 0 Å². The number of carboxylic acids is 3. The molecule has 0 heterocycles. The number of rotatable bonds is 6. The van der Waals surface area contributed by atoms with Crippen molar-refractivity contribution in [2.75, 3.05) is 0 Å². The van der Waals surface area contributed by atoms with Gasteiger partial charge in [0.05, 0.1) is 12.4 Å². The van der Waals surface area contributed by atoms with Crippen molar-refractivity contribution < 1.29 is 180 Å². The zero-order valence-corrected chi connectivity index (χ0v) is 31.7. The maximum absolute atomic E-state index is 10.2. The second-order valence-corrected chi connectivity index (χ2v) is 18.9. The Morgan fingerprint density at radius 2 is 1.27 bits per heavy atom. The smallest absolute Gasteiger partial charge is 1.00 e. The maximum Gasteiger partial charge on any atom is 3.00 e. The van der Waals surface area contributed by atoms with Crippen molar-refractivity contribution >= 4 is 98.8 Å². The van der Waals surface area contributed by atoms with Crippen LogP contribution in [0.2, 0.25) is 0 Å². The van der Waals surface area contributed by atoms with Gasteiger partial charge in [0.2, 0.25) is 0 Å². The summed E-state index contributed by atoms with van der Waals surface area (Å²) in [4.78, 5) is 41.4. The Labute approximate surface area is 291 Å². The van der Waals surface area contributed by atoms with Gasteiger partial charge >= 0.3 is 133 Å². The molecule has 1 radical (unpaired) electrons. The predicted molar refractivity (Wildman–Crippen MR) is 111 cm³/mol. The Morgan fingerprint density at radius 3 is 1.37 bits per heavy atom. The van der Waals surface area contributed by atoms with Gasteiger partial charge in [-0.05, 0) is 0 Å². The molecule has 0 aromatic carbocycles. The van der Waals surface area contributed by atoms with Crippen molar-refractivity contribution in [3.05, 3.63) is 0 Å². The van der Waals surface area contributed by atoms with Crippen LogP contribution in [-0.4, -0.2) is 62.1 Å². The van der Waals surface area contributed by atoms with E-state index in [0.717, 1.165) is 0 Å². The van der Waals surface area contributed by atoms with E-state index in [4.69, 9.17) is 20.3 Å². The van der Waals surface area contributed by atoms with Crippen molar-refractivity contribution in [1.82, 2.24) is 0 Å². The standard InChI is InChI=1S/C6H8O7.CH2O3.2Fe.I3.I2.2Na.4H2O.H/c7-3(8)1-6(13,5(11)12)2-4(9)10;2-1-4-3;;;1-3-2;1-2;;;;;;;/h13H,1-2H2,(H,7,8)(H,9,10)(H,11,12);1,3H;;;;;;;4*1H2;/q;;;+3;-1;;2*+1;;;;;-1/p-3. The molecule has 1 unspecified atom stereocenters. The monoisotopic (exact) mass is 1120 g/mol. The molecular formula is C7H16Fe2I5Na2O14. The van der Waals surface area contributed by atoms with Crippen molar-refractivity contribution in [2.45, 2.75) is 18.4 Å². The van der Waals surface area contributed by atoms with Crippen LogP contribution in [0.15, 0.2) is 0 Å². The fraction of sp³-hybridized carbons (Fsp3) is 0.429. The van der Waals surface area contributed by atoms with Gasteiger partial charge in [0.1, 0.15) is 5.60 Å². The molecule has 0 fully saturated rings. The van der Waals surface area contributed by atoms with Crippen LogP contribution in [0.5, 0.6) is 0 Å². The number of carbonyl (C=O) groups excluding carboxylic acids is 3. The molecule has 30 heavy (non-hydrogen) atoms. The number of hydrogen-bond donors (Lipinski definition) is 2. The minimum atomic E-state index is -2.91. The third kappa shape index (κ3) is 69.8. The molecule has 0 spiro atoms. The van der Waals surface area contributed by atoms with E-state index in [0.29, 0.717) is 13.3 Å². The van der Waals surface area contributed by atoms with Gasteiger partial charge in [0.25, 0.3) is 6.47 Å². The van der Waals surface area contributed by atoms with Crippen molar-refractivity contribution in [2.24, 2.45) is 0 Å². The summed E-state index contributed by atoms with van der Waals surface area (Å²) in [5, 5.41) is 45.7. The molecular weight excluding hydrogens is 1100 g/mol. The second kappa shape index (κ2) is 58.9. The van der Waals surface area contributed by atoms with E-state index in [-0.39, 0.29) is 123 Å². The van der Waals surface area contributed by atoms with Gasteiger partial charge in [-0.2, -0.15) is 0 Å². The van der Waals surface area contributed by atoms with Crippen molar-refractivity contribution in [3.63, 3.8) is 0 Å². The Kier molecular flexibility index (Phi) is 150. The molecule has 0 aliphatic rings. The van der Waals surface area contributed by atoms with Crippen LogP contribution in [0.3, 0.4) is 0 Å². The zero-order chi connectivity index (χ0) is 18.8. The number of carbonyl (C=O) groups is 4. The first kappa shape index (κ1) is 76.5. The topological polar surface area (TPSA) is 313 Å². The average molecular weight is 1120 g/mol. The molecule has 0 amide bonds. The third-order valence-electron chi connectivity index (χ3n) is 1.30. The molecule has 181 valence electrons. The quantitative estimate of drug-likeness (QED) is 0.0832. The van der Waals surface area contributed by atoms with E-state index < -0.39 is 36.4 Å². The molecule has 0 saturated carbocycles. The number of halogens is 5. The summed E-state index contributed by atoms with van der Waals surface area (Å²) in [5.41, 5.74) is -2.91. The summed E-state index contributed by atoms with van der Waals surface area (Å²) in [6.45, 7) is -0.181. The van der Waals surface area contributed by atoms with Gasteiger partial charge in [0, 0.05) is 66.7 Å². The number of hydrogen-bond acceptors (Lipinski definition) is 9. The molecule has 0 aromatic rings. The fourth-order valence-electron chi connectivity index (χ4n) is 0.696. The minimum absolute atomic E-state index is 0. The molecule has 0 aliphatic heterocycles. The minimum Gasteiger partial charge on any atom is -1.00 e. The van der Waals surface area contributed by atoms with Crippen LogP contribution in [0, 0.1) is 0 Å². The second-order valence-electron chi connectivity index (χ2n) is 2.68. The molecule has 1 atom stereocenters. The van der Waals surface area contributed by atoms with Gasteiger partial charge in [-0.3, -0.25) is 9.59 Å². The summed E-state index contributed by atoms with van der Waals surface area (Å²) in [6.07, 6.45) is -2.56. The van der Waals surface area contributed by atoms with Crippen LogP contribution < -0.4 is 87.8 Å². The van der Waals surface area contributed by atoms with Crippen LogP contribution in [0.1, 0.15) is 14.3 Å². The molecule has 0 rings (SSSR count). The van der Waals surface area contributed by atoms with Crippen LogP contribution in [0.25, 0.3) is 0 Å². The van der Waals surface area contributed by atoms with Crippen LogP contribution >= 0.6 is 74.5 Å². The molecule has 0 saturated heterocycles. The predicted octanol–water partition coefficient (Wildman–Crippen LogP) is -14.1. The normalized spacial score (nSPS) is 7.93. The molecule has 14 nitrogen and oxygen atoms in total. The largest absolute Gasteiger partial charge is 3.00 e. The van der Waals surface area contributed by atoms with Crippen LogP contribution in [0.4, 0.5) is 0 Å². The van der Waals surface area contributed by atoms with E-state index in [2.05, 4.69) is 79.4 Å². The molecule has 0 bridgehead atoms. The zero-order valence-electron chi connectivity index (χ0n) is 15.7. The molecule has 10 N–H and O–H groups in total. The number of aliphatic hydroxyl groups is 1. The maximum atomic E-state index is 10.2. The van der Waals surface area contributed by atoms with Crippen molar-refractivity contribution in [3.8, 4) is 0 Å². The summed E-state index contributed by atoms with van der Waals surface area (Å²) >= 11 is 9.54. The fourth-order valence-corrected chi connectivity index (χ4v) is 0.696. The summed E-state index contributed by atoms with van der Waals surface area (Å²) in [7, 11) is 0. The number of aliphatic carboxylic acids is 3. The Hall–Kier alpha value is 4.33. The summed E-state index contributed by atoms with van der Waals surface area (Å²) in [6, 6.07) is 0. The first-order valence-electron chi connectivity index (χ1n) is 4.20. The SMILES string of the molecule is II.I[I-]I.O.O.O.O.O=C([O-])CC(O)(CC(=O)O)C(=O)[O-].O=CO[O-].[Fe+3].[Fe].[H-].[Na+].[Na+]. The van der Waals surface area contributed by atoms with Gasteiger partial charge < -0.3 is 63.5 Å². The average Bonchev–Trinajstić information content (AvgIpc) is 2.40. The Bertz CT molecular complexity index is 340. The number of carboxylic acid groups (broad SMARTS) is 3. The van der Waals surface area contributed by atoms with Crippen LogP contribution in [-0.2, 0) is 58.2 Å². The van der Waals surface area contributed by atoms with E-state index in [9.17, 15) is 24.6 Å². The van der Waals surface area contributed by atoms with Gasteiger partial charge in [-0.25, -0.2) is 0 Å². The molecule has 0 aliphatic carbocycles. The van der Waals surface area contributed by atoms with Crippen molar-refractivity contribution in [1.29, 1.82) is 0 Å². The first-order chi connectivity index (χ1) is 10.1. The van der Waals surface area contributed by atoms with Gasteiger partial charge in [-0.15, -0.1) is 0 Å². The van der Waals surface area contributed by atoms with E-state index in [1.807, 2.05) is 0 Å². The first-order valence-corrected chi connectivity index (χ1v) is 23.1.